The van der Waals surface area contributed by atoms with Gasteiger partial charge in [-0.05, 0) is 25.0 Å². The Balaban J connectivity index is 2.08. The molecule has 3 rings (SSSR count). The summed E-state index contributed by atoms with van der Waals surface area (Å²) in [6, 6.07) is 2.56. The topological polar surface area (TPSA) is 77.2 Å². The minimum Gasteiger partial charge on any atom is -0.360 e. The van der Waals surface area contributed by atoms with Gasteiger partial charge in [0.25, 0.3) is 0 Å². The fraction of sp³-hybridized carbons (Fsp3) is 0.286. The summed E-state index contributed by atoms with van der Waals surface area (Å²) in [5.41, 5.74) is -0.0191. The van der Waals surface area contributed by atoms with Gasteiger partial charge in [-0.25, -0.2) is 12.8 Å². The molecule has 0 amide bonds. The Bertz CT molecular complexity index is 818. The van der Waals surface area contributed by atoms with Crippen molar-refractivity contribution in [3.8, 4) is 0 Å². The molecule has 0 radical (unpaired) electrons. The number of benzene rings is 1. The highest BCUT2D eigenvalue weighted by Gasteiger charge is 2.33. The molecular weight excluding hydrogens is 333 g/mol. The summed E-state index contributed by atoms with van der Waals surface area (Å²) in [4.78, 5) is 12.6. The predicted molar refractivity (Wildman–Crippen MR) is 77.3 cm³/mol. The summed E-state index contributed by atoms with van der Waals surface area (Å²) in [5, 5.41) is 3.40. The lowest BCUT2D eigenvalue weighted by atomic mass is 9.98. The van der Waals surface area contributed by atoms with Crippen LogP contribution in [0.1, 0.15) is 46.0 Å². The zero-order valence-corrected chi connectivity index (χ0v) is 12.9. The van der Waals surface area contributed by atoms with Crippen molar-refractivity contribution in [3.63, 3.8) is 0 Å². The average molecular weight is 344 g/mol. The van der Waals surface area contributed by atoms with Crippen molar-refractivity contribution in [3.05, 3.63) is 51.6 Å². The van der Waals surface area contributed by atoms with Gasteiger partial charge >= 0.3 is 0 Å². The number of hydrogen-bond donors (Lipinski definition) is 1. The Hall–Kier alpha value is -1.73. The van der Waals surface area contributed by atoms with Crippen molar-refractivity contribution >= 4 is 28.1 Å². The SMILES string of the molecule is O=C(c1cnoc1C1CC1)c1ccc(Cl)c(F)c1C[SH](=O)=O. The number of halogens is 2. The lowest BCUT2D eigenvalue weighted by molar-refractivity contribution is 0.103. The minimum atomic E-state index is -2.90. The second-order valence-electron chi connectivity index (χ2n) is 5.09. The van der Waals surface area contributed by atoms with Gasteiger partial charge in [0.1, 0.15) is 16.5 Å². The zero-order valence-electron chi connectivity index (χ0n) is 11.2. The quantitative estimate of drug-likeness (QED) is 0.667. The van der Waals surface area contributed by atoms with Gasteiger partial charge in [0, 0.05) is 17.0 Å². The molecule has 1 saturated carbocycles. The maximum absolute atomic E-state index is 14.1. The smallest absolute Gasteiger partial charge is 0.198 e. The average Bonchev–Trinajstić information content (AvgIpc) is 3.20. The van der Waals surface area contributed by atoms with E-state index in [0.29, 0.717) is 5.76 Å². The molecule has 8 heteroatoms. The molecular formula is C14H11ClFNO4S. The Morgan fingerprint density at radius 3 is 2.73 bits per heavy atom. The highest BCUT2D eigenvalue weighted by molar-refractivity contribution is 7.71. The molecule has 5 nitrogen and oxygen atoms in total. The van der Waals surface area contributed by atoms with Crippen molar-refractivity contribution in [2.24, 2.45) is 0 Å². The number of aromatic nitrogens is 1. The van der Waals surface area contributed by atoms with Crippen LogP contribution in [0.3, 0.4) is 0 Å². The third-order valence-corrected chi connectivity index (χ3v) is 4.39. The Kier molecular flexibility index (Phi) is 4.01. The summed E-state index contributed by atoms with van der Waals surface area (Å²) in [6.07, 6.45) is 3.09. The Labute approximate surface area is 132 Å². The van der Waals surface area contributed by atoms with Crippen molar-refractivity contribution in [2.75, 3.05) is 0 Å². The number of carbonyl (C=O) groups is 1. The van der Waals surface area contributed by atoms with Crippen LogP contribution >= 0.6 is 11.6 Å². The van der Waals surface area contributed by atoms with Gasteiger partial charge in [0.2, 0.25) is 0 Å². The van der Waals surface area contributed by atoms with Gasteiger partial charge in [-0.3, -0.25) is 4.79 Å². The summed E-state index contributed by atoms with van der Waals surface area (Å²) < 4.78 is 41.1. The number of carbonyl (C=O) groups excluding carboxylic acids is 1. The van der Waals surface area contributed by atoms with Gasteiger partial charge in [0.05, 0.1) is 22.5 Å². The number of thiol groups is 1. The molecule has 0 aliphatic heterocycles. The van der Waals surface area contributed by atoms with E-state index in [-0.39, 0.29) is 27.6 Å². The first kappa shape index (κ1) is 15.2. The van der Waals surface area contributed by atoms with Gasteiger partial charge in [-0.15, -0.1) is 0 Å². The first-order valence-electron chi connectivity index (χ1n) is 6.57. The normalized spacial score (nSPS) is 14.5. The van der Waals surface area contributed by atoms with E-state index in [2.05, 4.69) is 5.16 Å². The van der Waals surface area contributed by atoms with Crippen molar-refractivity contribution in [1.82, 2.24) is 5.16 Å². The molecule has 1 aliphatic rings. The standard InChI is InChI=1S/C14H11ClFNO4S/c15-11-4-3-8(10(12(11)16)6-22(19)20)13(18)9-5-17-21-14(9)7-1-2-7/h3-5,7,22H,1-2,6H2. The number of nitrogens with zero attached hydrogens (tertiary/aromatic N) is 1. The van der Waals surface area contributed by atoms with E-state index in [4.69, 9.17) is 16.1 Å². The number of rotatable bonds is 5. The molecule has 1 aromatic heterocycles. The Morgan fingerprint density at radius 1 is 1.36 bits per heavy atom. The van der Waals surface area contributed by atoms with Crippen molar-refractivity contribution in [1.29, 1.82) is 0 Å². The van der Waals surface area contributed by atoms with E-state index in [1.54, 1.807) is 0 Å². The molecule has 0 N–H and O–H groups in total. The maximum atomic E-state index is 14.1. The third-order valence-electron chi connectivity index (χ3n) is 3.52. The van der Waals surface area contributed by atoms with Crippen LogP contribution in [-0.4, -0.2) is 19.4 Å². The molecule has 0 bridgehead atoms. The van der Waals surface area contributed by atoms with E-state index in [1.807, 2.05) is 0 Å². The van der Waals surface area contributed by atoms with Crippen LogP contribution in [0.5, 0.6) is 0 Å². The van der Waals surface area contributed by atoms with E-state index in [9.17, 15) is 17.6 Å². The summed E-state index contributed by atoms with van der Waals surface area (Å²) in [5.74, 6) is -1.37. The molecule has 1 aromatic carbocycles. The van der Waals surface area contributed by atoms with Crippen LogP contribution in [0.25, 0.3) is 0 Å². The second kappa shape index (κ2) is 5.81. The van der Waals surface area contributed by atoms with Crippen LogP contribution < -0.4 is 0 Å². The highest BCUT2D eigenvalue weighted by Crippen LogP contribution is 2.42. The minimum absolute atomic E-state index is 0.0359. The lowest BCUT2D eigenvalue weighted by Gasteiger charge is -2.08. The monoisotopic (exact) mass is 343 g/mol. The van der Waals surface area contributed by atoms with Crippen LogP contribution in [0.15, 0.2) is 22.9 Å². The first-order valence-corrected chi connectivity index (χ1v) is 8.31. The molecule has 116 valence electrons. The first-order chi connectivity index (χ1) is 10.5. The van der Waals surface area contributed by atoms with Gasteiger partial charge in [0.15, 0.2) is 11.5 Å². The van der Waals surface area contributed by atoms with Crippen LogP contribution in [0, 0.1) is 5.82 Å². The number of ketones is 1. The Morgan fingerprint density at radius 2 is 2.09 bits per heavy atom. The predicted octanol–water partition coefficient (Wildman–Crippen LogP) is 2.69. The third kappa shape index (κ3) is 2.78. The molecule has 0 atom stereocenters. The van der Waals surface area contributed by atoms with E-state index < -0.39 is 28.1 Å². The van der Waals surface area contributed by atoms with Gasteiger partial charge in [-0.2, -0.15) is 0 Å². The number of hydrogen-bond acceptors (Lipinski definition) is 5. The molecule has 22 heavy (non-hydrogen) atoms. The highest BCUT2D eigenvalue weighted by atomic mass is 35.5. The summed E-state index contributed by atoms with van der Waals surface area (Å²) in [7, 11) is -2.90. The molecule has 0 unspecified atom stereocenters. The van der Waals surface area contributed by atoms with E-state index in [0.717, 1.165) is 12.8 Å². The fourth-order valence-electron chi connectivity index (χ4n) is 2.29. The zero-order chi connectivity index (χ0) is 15.9. The molecule has 1 aliphatic carbocycles. The summed E-state index contributed by atoms with van der Waals surface area (Å²) >= 11 is 5.68. The van der Waals surface area contributed by atoms with E-state index >= 15 is 0 Å². The van der Waals surface area contributed by atoms with Gasteiger partial charge < -0.3 is 4.52 Å². The van der Waals surface area contributed by atoms with Crippen LogP contribution in [-0.2, 0) is 16.5 Å². The fourth-order valence-corrected chi connectivity index (χ4v) is 3.04. The molecule has 1 heterocycles. The van der Waals surface area contributed by atoms with Crippen molar-refractivity contribution in [2.45, 2.75) is 24.5 Å². The van der Waals surface area contributed by atoms with Gasteiger partial charge in [-0.1, -0.05) is 16.8 Å². The largest absolute Gasteiger partial charge is 0.360 e. The summed E-state index contributed by atoms with van der Waals surface area (Å²) in [6.45, 7) is 0. The molecule has 1 fully saturated rings. The maximum Gasteiger partial charge on any atom is 0.198 e. The van der Waals surface area contributed by atoms with Crippen molar-refractivity contribution < 1.29 is 22.1 Å². The molecule has 0 spiro atoms. The molecule has 0 saturated heterocycles. The second-order valence-corrected chi connectivity index (χ2v) is 6.47. The lowest BCUT2D eigenvalue weighted by Crippen LogP contribution is -2.09. The molecule has 2 aromatic rings. The van der Waals surface area contributed by atoms with E-state index in [1.165, 1.54) is 18.3 Å². The van der Waals surface area contributed by atoms with Crippen LogP contribution in [0.4, 0.5) is 4.39 Å². The van der Waals surface area contributed by atoms with Crippen LogP contribution in [0.2, 0.25) is 5.02 Å².